The number of amides is 2. The molecule has 6 heteroatoms. The third kappa shape index (κ3) is 5.79. The maximum Gasteiger partial charge on any atom is 0.261 e. The molecule has 0 aromatic carbocycles. The normalized spacial score (nSPS) is 16.8. The summed E-state index contributed by atoms with van der Waals surface area (Å²) in [5.74, 6) is -0.289. The van der Waals surface area contributed by atoms with E-state index in [0.29, 0.717) is 4.88 Å². The summed E-state index contributed by atoms with van der Waals surface area (Å²) in [5, 5.41) is 5.71. The van der Waals surface area contributed by atoms with Gasteiger partial charge in [0.1, 0.15) is 0 Å². The quantitative estimate of drug-likeness (QED) is 0.849. The molecular weight excluding hydrogens is 352 g/mol. The van der Waals surface area contributed by atoms with Gasteiger partial charge in [-0.3, -0.25) is 9.59 Å². The van der Waals surface area contributed by atoms with Crippen LogP contribution in [0.25, 0.3) is 0 Å². The van der Waals surface area contributed by atoms with Crippen LogP contribution in [-0.4, -0.2) is 24.4 Å². The van der Waals surface area contributed by atoms with Crippen molar-refractivity contribution in [3.63, 3.8) is 0 Å². The number of halogens is 1. The fourth-order valence-electron chi connectivity index (χ4n) is 2.56. The Labute approximate surface area is 137 Å². The molecule has 1 fully saturated rings. The molecule has 1 aromatic rings. The second-order valence-electron chi connectivity index (χ2n) is 5.40. The van der Waals surface area contributed by atoms with E-state index < -0.39 is 0 Å². The third-order valence-electron chi connectivity index (χ3n) is 3.68. The average Bonchev–Trinajstić information content (AvgIpc) is 2.86. The van der Waals surface area contributed by atoms with Crippen LogP contribution in [0.15, 0.2) is 15.9 Å². The van der Waals surface area contributed by atoms with E-state index in [1.807, 2.05) is 6.07 Å². The second kappa shape index (κ2) is 8.54. The van der Waals surface area contributed by atoms with Crippen molar-refractivity contribution in [3.8, 4) is 0 Å². The van der Waals surface area contributed by atoms with Crippen molar-refractivity contribution >= 4 is 39.1 Å². The van der Waals surface area contributed by atoms with Crippen molar-refractivity contribution in [1.82, 2.24) is 10.6 Å². The van der Waals surface area contributed by atoms with Gasteiger partial charge in [0, 0.05) is 6.04 Å². The minimum absolute atomic E-state index is 0.0465. The van der Waals surface area contributed by atoms with Crippen LogP contribution in [-0.2, 0) is 4.79 Å². The summed E-state index contributed by atoms with van der Waals surface area (Å²) in [6.45, 7) is 0.0465. The Bertz CT molecular complexity index is 482. The lowest BCUT2D eigenvalue weighted by atomic mass is 9.97. The fraction of sp³-hybridized carbons (Fsp3) is 0.600. The number of hydrogen-bond donors (Lipinski definition) is 2. The number of thiophene rings is 1. The standard InChI is InChI=1S/C15H21BrN2O2S/c16-13-9-8-12(21-13)15(20)17-10-14(19)18-11-6-4-2-1-3-5-7-11/h8-9,11H,1-7,10H2,(H,17,20)(H,18,19). The summed E-state index contributed by atoms with van der Waals surface area (Å²) in [4.78, 5) is 24.4. The van der Waals surface area contributed by atoms with Crippen molar-refractivity contribution in [1.29, 1.82) is 0 Å². The van der Waals surface area contributed by atoms with Crippen LogP contribution in [0, 0.1) is 0 Å². The molecule has 116 valence electrons. The summed E-state index contributed by atoms with van der Waals surface area (Å²) >= 11 is 4.68. The van der Waals surface area contributed by atoms with Crippen LogP contribution in [0.4, 0.5) is 0 Å². The third-order valence-corrected chi connectivity index (χ3v) is 5.30. The maximum absolute atomic E-state index is 11.9. The molecule has 1 heterocycles. The van der Waals surface area contributed by atoms with Crippen LogP contribution in [0.3, 0.4) is 0 Å². The molecule has 2 rings (SSSR count). The largest absolute Gasteiger partial charge is 0.352 e. The molecule has 0 radical (unpaired) electrons. The van der Waals surface area contributed by atoms with E-state index in [0.717, 1.165) is 16.6 Å². The van der Waals surface area contributed by atoms with E-state index in [1.54, 1.807) is 6.07 Å². The second-order valence-corrected chi connectivity index (χ2v) is 7.86. The minimum Gasteiger partial charge on any atom is -0.352 e. The number of nitrogens with one attached hydrogen (secondary N) is 2. The van der Waals surface area contributed by atoms with Gasteiger partial charge in [-0.05, 0) is 40.9 Å². The van der Waals surface area contributed by atoms with Crippen LogP contribution in [0.5, 0.6) is 0 Å². The van der Waals surface area contributed by atoms with Gasteiger partial charge in [0.05, 0.1) is 15.2 Å². The number of rotatable bonds is 4. The summed E-state index contributed by atoms with van der Waals surface area (Å²) in [6.07, 6.45) is 8.30. The van der Waals surface area contributed by atoms with Gasteiger partial charge in [-0.1, -0.05) is 32.1 Å². The van der Waals surface area contributed by atoms with Crippen molar-refractivity contribution < 1.29 is 9.59 Å². The minimum atomic E-state index is -0.196. The molecule has 0 atom stereocenters. The van der Waals surface area contributed by atoms with E-state index in [-0.39, 0.29) is 24.4 Å². The van der Waals surface area contributed by atoms with Crippen LogP contribution >= 0.6 is 27.3 Å². The van der Waals surface area contributed by atoms with E-state index in [1.165, 1.54) is 43.4 Å². The lowest BCUT2D eigenvalue weighted by Gasteiger charge is -2.21. The van der Waals surface area contributed by atoms with Gasteiger partial charge >= 0.3 is 0 Å². The van der Waals surface area contributed by atoms with Crippen molar-refractivity contribution in [3.05, 3.63) is 20.8 Å². The Hall–Kier alpha value is -0.880. The molecule has 1 aliphatic carbocycles. The first-order valence-corrected chi connectivity index (χ1v) is 9.09. The average molecular weight is 373 g/mol. The Kier molecular flexibility index (Phi) is 6.70. The number of carbonyl (C=O) groups is 2. The maximum atomic E-state index is 11.9. The van der Waals surface area contributed by atoms with Crippen molar-refractivity contribution in [2.24, 2.45) is 0 Å². The molecule has 0 aliphatic heterocycles. The van der Waals surface area contributed by atoms with Crippen LogP contribution in [0.1, 0.15) is 54.6 Å². The van der Waals surface area contributed by atoms with E-state index >= 15 is 0 Å². The Morgan fingerprint density at radius 1 is 1.14 bits per heavy atom. The van der Waals surface area contributed by atoms with Gasteiger partial charge in [0.25, 0.3) is 5.91 Å². The Balaban J connectivity index is 1.72. The molecule has 1 saturated carbocycles. The predicted octanol–water partition coefficient (Wildman–Crippen LogP) is 3.47. The lowest BCUT2D eigenvalue weighted by molar-refractivity contribution is -0.120. The molecule has 4 nitrogen and oxygen atoms in total. The van der Waals surface area contributed by atoms with Gasteiger partial charge in [0.15, 0.2) is 0 Å². The highest BCUT2D eigenvalue weighted by Crippen LogP contribution is 2.21. The molecule has 21 heavy (non-hydrogen) atoms. The molecule has 0 spiro atoms. The summed E-state index contributed by atoms with van der Waals surface area (Å²) in [7, 11) is 0. The topological polar surface area (TPSA) is 58.2 Å². The summed E-state index contributed by atoms with van der Waals surface area (Å²) < 4.78 is 0.909. The van der Waals surface area contributed by atoms with Crippen molar-refractivity contribution in [2.75, 3.05) is 6.54 Å². The van der Waals surface area contributed by atoms with Gasteiger partial charge < -0.3 is 10.6 Å². The Morgan fingerprint density at radius 3 is 2.43 bits per heavy atom. The smallest absolute Gasteiger partial charge is 0.261 e. The highest BCUT2D eigenvalue weighted by molar-refractivity contribution is 9.11. The van der Waals surface area contributed by atoms with E-state index in [9.17, 15) is 9.59 Å². The Morgan fingerprint density at radius 2 is 1.81 bits per heavy atom. The molecule has 0 saturated heterocycles. The SMILES string of the molecule is O=C(CNC(=O)c1ccc(Br)s1)NC1CCCCCCC1. The molecule has 1 aromatic heterocycles. The van der Waals surface area contributed by atoms with Gasteiger partial charge in [-0.2, -0.15) is 0 Å². The molecule has 1 aliphatic rings. The zero-order valence-corrected chi connectivity index (χ0v) is 14.4. The molecule has 2 N–H and O–H groups in total. The first-order chi connectivity index (χ1) is 10.1. The van der Waals surface area contributed by atoms with Gasteiger partial charge in [-0.15, -0.1) is 11.3 Å². The zero-order chi connectivity index (χ0) is 15.1. The first kappa shape index (κ1) is 16.5. The van der Waals surface area contributed by atoms with E-state index in [4.69, 9.17) is 0 Å². The molecular formula is C15H21BrN2O2S. The zero-order valence-electron chi connectivity index (χ0n) is 12.0. The van der Waals surface area contributed by atoms with Crippen LogP contribution < -0.4 is 10.6 Å². The molecule has 0 bridgehead atoms. The number of carbonyl (C=O) groups excluding carboxylic acids is 2. The summed E-state index contributed by atoms with van der Waals surface area (Å²) in [6, 6.07) is 3.84. The first-order valence-electron chi connectivity index (χ1n) is 7.48. The summed E-state index contributed by atoms with van der Waals surface area (Å²) in [5.41, 5.74) is 0. The van der Waals surface area contributed by atoms with Gasteiger partial charge in [0.2, 0.25) is 5.91 Å². The van der Waals surface area contributed by atoms with Gasteiger partial charge in [-0.25, -0.2) is 0 Å². The van der Waals surface area contributed by atoms with Crippen LogP contribution in [0.2, 0.25) is 0 Å². The van der Waals surface area contributed by atoms with Crippen molar-refractivity contribution in [2.45, 2.75) is 51.0 Å². The number of hydrogen-bond acceptors (Lipinski definition) is 3. The predicted molar refractivity (Wildman–Crippen MR) is 88.6 cm³/mol. The van der Waals surface area contributed by atoms with E-state index in [2.05, 4.69) is 26.6 Å². The molecule has 0 unspecified atom stereocenters. The highest BCUT2D eigenvalue weighted by Gasteiger charge is 2.15. The lowest BCUT2D eigenvalue weighted by Crippen LogP contribution is -2.42. The molecule has 2 amide bonds. The highest BCUT2D eigenvalue weighted by atomic mass is 79.9. The monoisotopic (exact) mass is 372 g/mol. The fourth-order valence-corrected chi connectivity index (χ4v) is 3.87.